The van der Waals surface area contributed by atoms with Crippen molar-refractivity contribution in [2.75, 3.05) is 62.0 Å². The van der Waals surface area contributed by atoms with Crippen molar-refractivity contribution >= 4 is 17.3 Å². The van der Waals surface area contributed by atoms with E-state index in [2.05, 4.69) is 22.1 Å². The molecule has 0 unspecified atom stereocenters. The average molecular weight is 323 g/mol. The predicted molar refractivity (Wildman–Crippen MR) is 93.1 cm³/mol. The molecular formula is C16H29N5O2. The molecule has 2 heterocycles. The van der Waals surface area contributed by atoms with Gasteiger partial charge in [0.05, 0.1) is 19.8 Å². The summed E-state index contributed by atoms with van der Waals surface area (Å²) in [6, 6.07) is 0. The molecule has 0 bridgehead atoms. The third kappa shape index (κ3) is 5.21. The molecule has 130 valence electrons. The molecule has 1 aromatic rings. The van der Waals surface area contributed by atoms with Crippen LogP contribution in [-0.4, -0.2) is 56.0 Å². The van der Waals surface area contributed by atoms with Crippen molar-refractivity contribution in [2.24, 2.45) is 0 Å². The van der Waals surface area contributed by atoms with Crippen LogP contribution >= 0.6 is 0 Å². The summed E-state index contributed by atoms with van der Waals surface area (Å²) in [6.45, 7) is 9.23. The molecule has 2 rings (SSSR count). The van der Waals surface area contributed by atoms with Crippen LogP contribution < -0.4 is 16.0 Å². The predicted octanol–water partition coefficient (Wildman–Crippen LogP) is 1.69. The van der Waals surface area contributed by atoms with E-state index in [0.717, 1.165) is 44.0 Å². The molecule has 0 saturated carbocycles. The fourth-order valence-electron chi connectivity index (χ4n) is 2.49. The summed E-state index contributed by atoms with van der Waals surface area (Å²) in [7, 11) is 0. The van der Waals surface area contributed by atoms with Crippen molar-refractivity contribution in [3.8, 4) is 0 Å². The molecule has 0 atom stereocenters. The van der Waals surface area contributed by atoms with E-state index in [1.165, 1.54) is 0 Å². The zero-order chi connectivity index (χ0) is 16.5. The highest BCUT2D eigenvalue weighted by molar-refractivity contribution is 5.75. The zero-order valence-electron chi connectivity index (χ0n) is 14.3. The van der Waals surface area contributed by atoms with E-state index >= 15 is 0 Å². The number of morpholine rings is 1. The van der Waals surface area contributed by atoms with Gasteiger partial charge in [0.15, 0.2) is 11.6 Å². The number of anilines is 3. The molecule has 23 heavy (non-hydrogen) atoms. The first-order chi connectivity index (χ1) is 11.3. The van der Waals surface area contributed by atoms with E-state index in [-0.39, 0.29) is 0 Å². The van der Waals surface area contributed by atoms with Crippen molar-refractivity contribution in [1.29, 1.82) is 0 Å². The minimum absolute atomic E-state index is 0.614. The molecule has 7 nitrogen and oxygen atoms in total. The van der Waals surface area contributed by atoms with Gasteiger partial charge in [-0.25, -0.2) is 9.97 Å². The van der Waals surface area contributed by atoms with Crippen LogP contribution in [0.2, 0.25) is 0 Å². The number of unbranched alkanes of at least 4 members (excludes halogenated alkanes) is 1. The summed E-state index contributed by atoms with van der Waals surface area (Å²) in [5.74, 6) is 2.39. The highest BCUT2D eigenvalue weighted by Crippen LogP contribution is 2.28. The van der Waals surface area contributed by atoms with Gasteiger partial charge >= 0.3 is 0 Å². The molecular weight excluding hydrogens is 294 g/mol. The lowest BCUT2D eigenvalue weighted by Crippen LogP contribution is -2.37. The molecule has 1 fully saturated rings. The van der Waals surface area contributed by atoms with Crippen LogP contribution in [-0.2, 0) is 15.9 Å². The standard InChI is InChI=1S/C16H29N5O2/c1-3-5-6-13-19-15(18-7-10-22-4-2)14(17)16(20-13)21-8-11-23-12-9-21/h3-12,17H2,1-2H3,(H,18,19,20). The van der Waals surface area contributed by atoms with Gasteiger partial charge in [0, 0.05) is 32.7 Å². The smallest absolute Gasteiger partial charge is 0.157 e. The molecule has 1 saturated heterocycles. The lowest BCUT2D eigenvalue weighted by Gasteiger charge is -2.29. The summed E-state index contributed by atoms with van der Waals surface area (Å²) >= 11 is 0. The number of nitrogens with one attached hydrogen (secondary N) is 1. The van der Waals surface area contributed by atoms with Crippen LogP contribution in [0.5, 0.6) is 0 Å². The van der Waals surface area contributed by atoms with E-state index in [0.29, 0.717) is 44.5 Å². The monoisotopic (exact) mass is 323 g/mol. The minimum Gasteiger partial charge on any atom is -0.393 e. The number of hydrogen-bond acceptors (Lipinski definition) is 7. The Balaban J connectivity index is 2.16. The third-order valence-electron chi connectivity index (χ3n) is 3.78. The van der Waals surface area contributed by atoms with E-state index < -0.39 is 0 Å². The molecule has 1 aliphatic heterocycles. The van der Waals surface area contributed by atoms with Crippen LogP contribution in [0.4, 0.5) is 17.3 Å². The summed E-state index contributed by atoms with van der Waals surface area (Å²) in [5, 5.41) is 3.29. The maximum atomic E-state index is 6.32. The Labute approximate surface area is 138 Å². The number of rotatable bonds is 9. The fourth-order valence-corrected chi connectivity index (χ4v) is 2.49. The molecule has 3 N–H and O–H groups in total. The third-order valence-corrected chi connectivity index (χ3v) is 3.78. The lowest BCUT2D eigenvalue weighted by molar-refractivity contribution is 0.122. The van der Waals surface area contributed by atoms with Crippen LogP contribution in [0.1, 0.15) is 32.5 Å². The number of nitrogens with zero attached hydrogens (tertiary/aromatic N) is 3. The Morgan fingerprint density at radius 1 is 1.26 bits per heavy atom. The molecule has 0 aliphatic carbocycles. The van der Waals surface area contributed by atoms with E-state index in [1.807, 2.05) is 6.92 Å². The molecule has 1 aromatic heterocycles. The molecule has 0 radical (unpaired) electrons. The highest BCUT2D eigenvalue weighted by atomic mass is 16.5. The van der Waals surface area contributed by atoms with Crippen molar-refractivity contribution in [3.63, 3.8) is 0 Å². The maximum absolute atomic E-state index is 6.32. The second kappa shape index (κ2) is 9.52. The van der Waals surface area contributed by atoms with Crippen molar-refractivity contribution in [1.82, 2.24) is 9.97 Å². The Bertz CT molecular complexity index is 478. The normalized spacial score (nSPS) is 15.0. The largest absolute Gasteiger partial charge is 0.393 e. The van der Waals surface area contributed by atoms with Crippen LogP contribution in [0, 0.1) is 0 Å². The van der Waals surface area contributed by atoms with Gasteiger partial charge in [0.2, 0.25) is 0 Å². The van der Waals surface area contributed by atoms with Crippen LogP contribution in [0.15, 0.2) is 0 Å². The highest BCUT2D eigenvalue weighted by Gasteiger charge is 2.19. The Morgan fingerprint density at radius 2 is 2.04 bits per heavy atom. The summed E-state index contributed by atoms with van der Waals surface area (Å²) in [4.78, 5) is 11.5. The van der Waals surface area contributed by atoms with Gasteiger partial charge in [-0.1, -0.05) is 13.3 Å². The van der Waals surface area contributed by atoms with Gasteiger partial charge in [-0.3, -0.25) is 0 Å². The first-order valence-corrected chi connectivity index (χ1v) is 8.57. The molecule has 0 aromatic carbocycles. The summed E-state index contributed by atoms with van der Waals surface area (Å²) in [5.41, 5.74) is 6.93. The van der Waals surface area contributed by atoms with Gasteiger partial charge in [0.1, 0.15) is 11.5 Å². The van der Waals surface area contributed by atoms with Crippen molar-refractivity contribution in [3.05, 3.63) is 5.82 Å². The van der Waals surface area contributed by atoms with E-state index in [4.69, 9.17) is 20.2 Å². The second-order valence-corrected chi connectivity index (χ2v) is 5.55. The van der Waals surface area contributed by atoms with Crippen LogP contribution in [0.25, 0.3) is 0 Å². The SMILES string of the molecule is CCCCc1nc(NCCOCC)c(N)c(N2CCOCC2)n1. The van der Waals surface area contributed by atoms with E-state index in [9.17, 15) is 0 Å². The van der Waals surface area contributed by atoms with Crippen LogP contribution in [0.3, 0.4) is 0 Å². The number of nitrogen functional groups attached to an aromatic ring is 1. The van der Waals surface area contributed by atoms with Gasteiger partial charge in [-0.2, -0.15) is 0 Å². The Kier molecular flexibility index (Phi) is 7.35. The quantitative estimate of drug-likeness (QED) is 0.669. The Morgan fingerprint density at radius 3 is 2.74 bits per heavy atom. The number of aromatic nitrogens is 2. The number of aryl methyl sites for hydroxylation is 1. The number of nitrogens with two attached hydrogens (primary N) is 1. The fraction of sp³-hybridized carbons (Fsp3) is 0.750. The van der Waals surface area contributed by atoms with Gasteiger partial charge in [0.25, 0.3) is 0 Å². The maximum Gasteiger partial charge on any atom is 0.157 e. The average Bonchev–Trinajstić information content (AvgIpc) is 2.59. The van der Waals surface area contributed by atoms with Crippen molar-refractivity contribution < 1.29 is 9.47 Å². The zero-order valence-corrected chi connectivity index (χ0v) is 14.3. The topological polar surface area (TPSA) is 85.5 Å². The molecule has 1 aliphatic rings. The summed E-state index contributed by atoms with van der Waals surface area (Å²) in [6.07, 6.45) is 3.06. The van der Waals surface area contributed by atoms with Gasteiger partial charge < -0.3 is 25.4 Å². The lowest BCUT2D eigenvalue weighted by atomic mass is 10.2. The first kappa shape index (κ1) is 17.7. The number of ether oxygens (including phenoxy) is 2. The number of hydrogen-bond donors (Lipinski definition) is 2. The second-order valence-electron chi connectivity index (χ2n) is 5.55. The minimum atomic E-state index is 0.614. The Hall–Kier alpha value is -1.60. The van der Waals surface area contributed by atoms with Crippen molar-refractivity contribution in [2.45, 2.75) is 33.1 Å². The van der Waals surface area contributed by atoms with E-state index in [1.54, 1.807) is 0 Å². The molecule has 0 spiro atoms. The molecule has 0 amide bonds. The first-order valence-electron chi connectivity index (χ1n) is 8.57. The van der Waals surface area contributed by atoms with Gasteiger partial charge in [-0.05, 0) is 13.3 Å². The van der Waals surface area contributed by atoms with Gasteiger partial charge in [-0.15, -0.1) is 0 Å². The molecule has 7 heteroatoms. The summed E-state index contributed by atoms with van der Waals surface area (Å²) < 4.78 is 10.8.